The van der Waals surface area contributed by atoms with Gasteiger partial charge in [-0.3, -0.25) is 0 Å². The largest absolute Gasteiger partial charge is 0.383 e. The zero-order chi connectivity index (χ0) is 14.6. The maximum absolute atomic E-state index is 13.2. The number of hydrogen-bond acceptors (Lipinski definition) is 4. The summed E-state index contributed by atoms with van der Waals surface area (Å²) in [6.07, 6.45) is 0. The van der Waals surface area contributed by atoms with E-state index in [1.165, 1.54) is 19.2 Å². The number of halogens is 1. The Kier molecular flexibility index (Phi) is 5.42. The Labute approximate surface area is 113 Å². The Hall–Kier alpha value is -1.02. The molecule has 0 radical (unpaired) electrons. The van der Waals surface area contributed by atoms with Crippen molar-refractivity contribution in [2.24, 2.45) is 5.73 Å². The van der Waals surface area contributed by atoms with Crippen LogP contribution in [0.2, 0.25) is 0 Å². The van der Waals surface area contributed by atoms with Crippen LogP contribution in [0.1, 0.15) is 11.1 Å². The quantitative estimate of drug-likeness (QED) is 0.808. The first-order chi connectivity index (χ1) is 8.81. The molecule has 0 aliphatic carbocycles. The molecular weight excluding hydrogens is 271 g/mol. The van der Waals surface area contributed by atoms with Crippen LogP contribution >= 0.6 is 0 Å². The van der Waals surface area contributed by atoms with Crippen LogP contribution in [0, 0.1) is 19.7 Å². The molecule has 1 unspecified atom stereocenters. The Morgan fingerprint density at radius 3 is 2.32 bits per heavy atom. The molecule has 0 saturated carbocycles. The Morgan fingerprint density at radius 2 is 1.89 bits per heavy atom. The molecule has 1 aromatic rings. The van der Waals surface area contributed by atoms with E-state index in [0.29, 0.717) is 11.1 Å². The lowest BCUT2D eigenvalue weighted by molar-refractivity contribution is 0.177. The molecule has 0 heterocycles. The van der Waals surface area contributed by atoms with Crippen LogP contribution in [0.15, 0.2) is 17.0 Å². The monoisotopic (exact) mass is 290 g/mol. The van der Waals surface area contributed by atoms with Crippen LogP contribution in [-0.4, -0.2) is 34.7 Å². The van der Waals surface area contributed by atoms with Gasteiger partial charge in [-0.25, -0.2) is 17.5 Å². The van der Waals surface area contributed by atoms with Gasteiger partial charge in [-0.15, -0.1) is 0 Å². The second-order valence-corrected chi connectivity index (χ2v) is 6.03. The number of ether oxygens (including phenoxy) is 1. The molecule has 0 fully saturated rings. The van der Waals surface area contributed by atoms with Gasteiger partial charge in [-0.2, -0.15) is 0 Å². The smallest absolute Gasteiger partial charge is 0.241 e. The third-order valence-electron chi connectivity index (χ3n) is 2.67. The molecule has 0 aliphatic heterocycles. The molecule has 5 nitrogen and oxygen atoms in total. The summed E-state index contributed by atoms with van der Waals surface area (Å²) in [6, 6.07) is 1.86. The lowest BCUT2D eigenvalue weighted by Gasteiger charge is -2.18. The third kappa shape index (κ3) is 3.97. The van der Waals surface area contributed by atoms with E-state index in [4.69, 9.17) is 10.5 Å². The fourth-order valence-electron chi connectivity index (χ4n) is 1.95. The van der Waals surface area contributed by atoms with Crippen molar-refractivity contribution in [3.8, 4) is 0 Å². The molecule has 0 aromatic heterocycles. The highest BCUT2D eigenvalue weighted by molar-refractivity contribution is 7.89. The number of methoxy groups -OCH3 is 1. The van der Waals surface area contributed by atoms with E-state index < -0.39 is 21.9 Å². The normalized spacial score (nSPS) is 13.5. The highest BCUT2D eigenvalue weighted by atomic mass is 32.2. The molecule has 0 bridgehead atoms. The number of rotatable bonds is 6. The second-order valence-electron chi connectivity index (χ2n) is 4.38. The minimum atomic E-state index is -3.75. The van der Waals surface area contributed by atoms with Crippen molar-refractivity contribution < 1.29 is 17.5 Å². The van der Waals surface area contributed by atoms with E-state index in [1.807, 2.05) is 0 Å². The van der Waals surface area contributed by atoms with Crippen LogP contribution in [0.4, 0.5) is 4.39 Å². The Morgan fingerprint density at radius 1 is 1.37 bits per heavy atom. The summed E-state index contributed by atoms with van der Waals surface area (Å²) in [5.74, 6) is -0.457. The van der Waals surface area contributed by atoms with Crippen molar-refractivity contribution in [3.05, 3.63) is 29.1 Å². The van der Waals surface area contributed by atoms with Gasteiger partial charge in [0.2, 0.25) is 10.0 Å². The van der Waals surface area contributed by atoms with Gasteiger partial charge >= 0.3 is 0 Å². The summed E-state index contributed by atoms with van der Waals surface area (Å²) in [5.41, 5.74) is 6.20. The topological polar surface area (TPSA) is 81.4 Å². The van der Waals surface area contributed by atoms with Gasteiger partial charge in [0.1, 0.15) is 5.82 Å². The molecule has 0 aliphatic rings. The zero-order valence-corrected chi connectivity index (χ0v) is 12.1. The lowest BCUT2D eigenvalue weighted by atomic mass is 10.1. The molecule has 3 N–H and O–H groups in total. The van der Waals surface area contributed by atoms with Gasteiger partial charge in [0.15, 0.2) is 0 Å². The fourth-order valence-corrected chi connectivity index (χ4v) is 3.64. The van der Waals surface area contributed by atoms with Gasteiger partial charge in [-0.05, 0) is 37.1 Å². The van der Waals surface area contributed by atoms with E-state index in [9.17, 15) is 12.8 Å². The number of hydrogen-bond donors (Lipinski definition) is 2. The average Bonchev–Trinajstić information content (AvgIpc) is 2.25. The summed E-state index contributed by atoms with van der Waals surface area (Å²) >= 11 is 0. The molecule has 1 aromatic carbocycles. The zero-order valence-electron chi connectivity index (χ0n) is 11.2. The standard InChI is InChI=1S/C12H19FN2O3S/c1-8-4-10(13)5-9(2)12(8)19(16,17)15-11(6-14)7-18-3/h4-5,11,15H,6-7,14H2,1-3H3. The summed E-state index contributed by atoms with van der Waals surface area (Å²) in [6.45, 7) is 3.40. The molecule has 1 rings (SSSR count). The van der Waals surface area contributed by atoms with Crippen LogP contribution in [-0.2, 0) is 14.8 Å². The SMILES string of the molecule is COCC(CN)NS(=O)(=O)c1c(C)cc(F)cc1C. The van der Waals surface area contributed by atoms with Crippen LogP contribution in [0.3, 0.4) is 0 Å². The molecular formula is C12H19FN2O3S. The molecule has 108 valence electrons. The van der Waals surface area contributed by atoms with Gasteiger partial charge in [0, 0.05) is 13.7 Å². The van der Waals surface area contributed by atoms with Crippen LogP contribution < -0.4 is 10.5 Å². The fraction of sp³-hybridized carbons (Fsp3) is 0.500. The average molecular weight is 290 g/mol. The molecule has 1 atom stereocenters. The minimum absolute atomic E-state index is 0.0865. The maximum Gasteiger partial charge on any atom is 0.241 e. The molecule has 0 saturated heterocycles. The lowest BCUT2D eigenvalue weighted by Crippen LogP contribution is -2.43. The molecule has 7 heteroatoms. The summed E-state index contributed by atoms with van der Waals surface area (Å²) < 4.78 is 45.1. The third-order valence-corrected chi connectivity index (χ3v) is 4.49. The first kappa shape index (κ1) is 16.0. The van der Waals surface area contributed by atoms with Crippen LogP contribution in [0.5, 0.6) is 0 Å². The van der Waals surface area contributed by atoms with Crippen LogP contribution in [0.25, 0.3) is 0 Å². The van der Waals surface area contributed by atoms with Gasteiger partial charge in [0.25, 0.3) is 0 Å². The summed E-state index contributed by atoms with van der Waals surface area (Å²) in [4.78, 5) is 0.0865. The summed E-state index contributed by atoms with van der Waals surface area (Å²) in [7, 11) is -2.28. The predicted octanol–water partition coefficient (Wildman–Crippen LogP) is 0.695. The first-order valence-corrected chi connectivity index (χ1v) is 7.28. The number of benzene rings is 1. The number of aryl methyl sites for hydroxylation is 2. The van der Waals surface area contributed by atoms with E-state index in [1.54, 1.807) is 13.8 Å². The number of sulfonamides is 1. The molecule has 0 amide bonds. The highest BCUT2D eigenvalue weighted by Crippen LogP contribution is 2.21. The van der Waals surface area contributed by atoms with Crippen molar-refractivity contribution >= 4 is 10.0 Å². The van der Waals surface area contributed by atoms with E-state index in [2.05, 4.69) is 4.72 Å². The van der Waals surface area contributed by atoms with Crippen molar-refractivity contribution in [3.63, 3.8) is 0 Å². The molecule has 0 spiro atoms. The number of nitrogens with two attached hydrogens (primary N) is 1. The first-order valence-electron chi connectivity index (χ1n) is 5.80. The highest BCUT2D eigenvalue weighted by Gasteiger charge is 2.23. The van der Waals surface area contributed by atoms with E-state index >= 15 is 0 Å². The number of nitrogens with one attached hydrogen (secondary N) is 1. The van der Waals surface area contributed by atoms with Crippen molar-refractivity contribution in [2.45, 2.75) is 24.8 Å². The minimum Gasteiger partial charge on any atom is -0.383 e. The Bertz CT molecular complexity index is 523. The van der Waals surface area contributed by atoms with Gasteiger partial charge in [0.05, 0.1) is 17.5 Å². The van der Waals surface area contributed by atoms with E-state index in [0.717, 1.165) is 0 Å². The summed E-state index contributed by atoms with van der Waals surface area (Å²) in [5, 5.41) is 0. The van der Waals surface area contributed by atoms with Crippen molar-refractivity contribution in [1.82, 2.24) is 4.72 Å². The van der Waals surface area contributed by atoms with Crippen molar-refractivity contribution in [1.29, 1.82) is 0 Å². The molecule has 19 heavy (non-hydrogen) atoms. The van der Waals surface area contributed by atoms with Gasteiger partial charge < -0.3 is 10.5 Å². The van der Waals surface area contributed by atoms with E-state index in [-0.39, 0.29) is 18.0 Å². The van der Waals surface area contributed by atoms with Crippen molar-refractivity contribution in [2.75, 3.05) is 20.3 Å². The second kappa shape index (κ2) is 6.42. The predicted molar refractivity (Wildman–Crippen MR) is 70.9 cm³/mol. The van der Waals surface area contributed by atoms with Gasteiger partial charge in [-0.1, -0.05) is 0 Å². The Balaban J connectivity index is 3.14. The maximum atomic E-state index is 13.2.